The van der Waals surface area contributed by atoms with Gasteiger partial charge in [0.2, 0.25) is 5.91 Å². The third kappa shape index (κ3) is 3.39. The first-order chi connectivity index (χ1) is 10.6. The smallest absolute Gasteiger partial charge is 0.408 e. The highest BCUT2D eigenvalue weighted by Crippen LogP contribution is 2.23. The first-order valence-corrected chi connectivity index (χ1v) is 7.75. The lowest BCUT2D eigenvalue weighted by atomic mass is 9.85. The molecular weight excluding hydrogens is 282 g/mol. The Bertz CT molecular complexity index is 713. The molecule has 2 aromatic rings. The molecule has 2 heterocycles. The van der Waals surface area contributed by atoms with Gasteiger partial charge >= 0.3 is 5.76 Å². The summed E-state index contributed by atoms with van der Waals surface area (Å²) in [6.07, 6.45) is 2.87. The number of oxazole rings is 1. The number of piperidine rings is 1. The standard InChI is InChI=1S/C16H21N3O3/c1-10(11-3-2-6-17-9-11)7-15(20)18-12-4-5-14-13(8-12)19-16(21)22-14/h4-5,8,10-11,17H,2-3,6-7,9H2,1H3,(H,18,20)(H,19,21). The van der Waals surface area contributed by atoms with E-state index in [4.69, 9.17) is 4.42 Å². The van der Waals surface area contributed by atoms with Crippen LogP contribution in [0.1, 0.15) is 26.2 Å². The molecule has 1 aliphatic heterocycles. The maximum Gasteiger partial charge on any atom is 0.417 e. The Hall–Kier alpha value is -2.08. The highest BCUT2D eigenvalue weighted by molar-refractivity contribution is 5.92. The molecule has 3 rings (SSSR count). The second kappa shape index (κ2) is 6.36. The van der Waals surface area contributed by atoms with Gasteiger partial charge in [-0.05, 0) is 56.0 Å². The number of rotatable bonds is 4. The highest BCUT2D eigenvalue weighted by Gasteiger charge is 2.22. The van der Waals surface area contributed by atoms with Gasteiger partial charge in [0.05, 0.1) is 5.52 Å². The number of H-pyrrole nitrogens is 1. The van der Waals surface area contributed by atoms with Gasteiger partial charge in [0, 0.05) is 12.1 Å². The van der Waals surface area contributed by atoms with Gasteiger partial charge in [-0.1, -0.05) is 6.92 Å². The first-order valence-electron chi connectivity index (χ1n) is 7.75. The zero-order valence-electron chi connectivity index (χ0n) is 12.6. The summed E-state index contributed by atoms with van der Waals surface area (Å²) >= 11 is 0. The zero-order valence-corrected chi connectivity index (χ0v) is 12.6. The molecule has 0 bridgehead atoms. The molecule has 0 saturated carbocycles. The van der Waals surface area contributed by atoms with Crippen LogP contribution in [0.5, 0.6) is 0 Å². The third-order valence-electron chi connectivity index (χ3n) is 4.35. The third-order valence-corrected chi connectivity index (χ3v) is 4.35. The number of carbonyl (C=O) groups excluding carboxylic acids is 1. The summed E-state index contributed by atoms with van der Waals surface area (Å²) in [5.41, 5.74) is 1.75. The van der Waals surface area contributed by atoms with Crippen molar-refractivity contribution in [1.82, 2.24) is 10.3 Å². The van der Waals surface area contributed by atoms with Crippen molar-refractivity contribution in [2.45, 2.75) is 26.2 Å². The number of benzene rings is 1. The lowest BCUT2D eigenvalue weighted by Gasteiger charge is -2.28. The molecule has 6 heteroatoms. The Balaban J connectivity index is 1.61. The van der Waals surface area contributed by atoms with Crippen LogP contribution < -0.4 is 16.4 Å². The number of amides is 1. The van der Waals surface area contributed by atoms with E-state index in [1.807, 2.05) is 0 Å². The van der Waals surface area contributed by atoms with Crippen LogP contribution in [0.15, 0.2) is 27.4 Å². The van der Waals surface area contributed by atoms with E-state index >= 15 is 0 Å². The van der Waals surface area contributed by atoms with Crippen LogP contribution in [0, 0.1) is 11.8 Å². The van der Waals surface area contributed by atoms with Crippen LogP contribution in [-0.2, 0) is 4.79 Å². The summed E-state index contributed by atoms with van der Waals surface area (Å²) in [7, 11) is 0. The molecule has 3 N–H and O–H groups in total. The number of hydrogen-bond donors (Lipinski definition) is 3. The molecule has 6 nitrogen and oxygen atoms in total. The van der Waals surface area contributed by atoms with E-state index in [2.05, 4.69) is 22.5 Å². The normalized spacial score (nSPS) is 20.0. The van der Waals surface area contributed by atoms with Crippen molar-refractivity contribution in [3.63, 3.8) is 0 Å². The van der Waals surface area contributed by atoms with E-state index in [9.17, 15) is 9.59 Å². The SMILES string of the molecule is CC(CC(=O)Nc1ccc2oc(=O)[nH]c2c1)C1CCCNC1. The Morgan fingerprint density at radius 3 is 3.14 bits per heavy atom. The van der Waals surface area contributed by atoms with Gasteiger partial charge in [0.1, 0.15) is 0 Å². The quantitative estimate of drug-likeness (QED) is 0.807. The van der Waals surface area contributed by atoms with Gasteiger partial charge in [0.15, 0.2) is 5.58 Å². The lowest BCUT2D eigenvalue weighted by molar-refractivity contribution is -0.117. The molecule has 0 aliphatic carbocycles. The van der Waals surface area contributed by atoms with Crippen LogP contribution >= 0.6 is 0 Å². The van der Waals surface area contributed by atoms with E-state index in [0.717, 1.165) is 13.1 Å². The molecule has 1 aromatic carbocycles. The summed E-state index contributed by atoms with van der Waals surface area (Å²) in [4.78, 5) is 25.9. The average molecular weight is 303 g/mol. The van der Waals surface area contributed by atoms with Gasteiger partial charge in [-0.3, -0.25) is 9.78 Å². The largest absolute Gasteiger partial charge is 0.417 e. The van der Waals surface area contributed by atoms with Gasteiger partial charge < -0.3 is 15.1 Å². The van der Waals surface area contributed by atoms with Crippen molar-refractivity contribution in [3.05, 3.63) is 28.7 Å². The number of nitrogens with one attached hydrogen (secondary N) is 3. The fraction of sp³-hybridized carbons (Fsp3) is 0.500. The minimum atomic E-state index is -0.489. The molecule has 1 aliphatic rings. The second-order valence-corrected chi connectivity index (χ2v) is 6.06. The molecule has 1 amide bonds. The molecule has 1 saturated heterocycles. The molecule has 22 heavy (non-hydrogen) atoms. The van der Waals surface area contributed by atoms with Crippen molar-refractivity contribution < 1.29 is 9.21 Å². The van der Waals surface area contributed by atoms with Crippen molar-refractivity contribution >= 4 is 22.7 Å². The molecule has 0 radical (unpaired) electrons. The summed E-state index contributed by atoms with van der Waals surface area (Å²) in [5.74, 6) is 0.428. The maximum atomic E-state index is 12.2. The summed E-state index contributed by atoms with van der Waals surface area (Å²) in [6.45, 7) is 4.21. The van der Waals surface area contributed by atoms with Crippen LogP contribution in [-0.4, -0.2) is 24.0 Å². The minimum Gasteiger partial charge on any atom is -0.408 e. The maximum absolute atomic E-state index is 12.2. The van der Waals surface area contributed by atoms with Crippen LogP contribution in [0.25, 0.3) is 11.1 Å². The Morgan fingerprint density at radius 1 is 1.50 bits per heavy atom. The van der Waals surface area contributed by atoms with Gasteiger partial charge in [-0.2, -0.15) is 0 Å². The number of anilines is 1. The lowest BCUT2D eigenvalue weighted by Crippen LogP contribution is -2.34. The second-order valence-electron chi connectivity index (χ2n) is 6.06. The number of fused-ring (bicyclic) bond motifs is 1. The predicted molar refractivity (Wildman–Crippen MR) is 84.8 cm³/mol. The summed E-state index contributed by atoms with van der Waals surface area (Å²) in [6, 6.07) is 5.13. The zero-order chi connectivity index (χ0) is 15.5. The van der Waals surface area contributed by atoms with E-state index in [1.165, 1.54) is 12.8 Å². The Kier molecular flexibility index (Phi) is 4.29. The molecule has 118 valence electrons. The predicted octanol–water partition coefficient (Wildman–Crippen LogP) is 2.09. The average Bonchev–Trinajstić information content (AvgIpc) is 2.87. The first kappa shape index (κ1) is 14.8. The van der Waals surface area contributed by atoms with E-state index in [0.29, 0.717) is 35.0 Å². The topological polar surface area (TPSA) is 87.1 Å². The van der Waals surface area contributed by atoms with E-state index < -0.39 is 5.76 Å². The number of carbonyl (C=O) groups is 1. The van der Waals surface area contributed by atoms with Crippen molar-refractivity contribution in [1.29, 1.82) is 0 Å². The molecule has 2 unspecified atom stereocenters. The fourth-order valence-corrected chi connectivity index (χ4v) is 3.07. The Morgan fingerprint density at radius 2 is 2.36 bits per heavy atom. The van der Waals surface area contributed by atoms with Crippen LogP contribution in [0.4, 0.5) is 5.69 Å². The van der Waals surface area contributed by atoms with E-state index in [-0.39, 0.29) is 5.91 Å². The van der Waals surface area contributed by atoms with Crippen molar-refractivity contribution in [3.8, 4) is 0 Å². The summed E-state index contributed by atoms with van der Waals surface area (Å²) < 4.78 is 4.94. The number of aromatic nitrogens is 1. The molecular formula is C16H21N3O3. The van der Waals surface area contributed by atoms with Crippen molar-refractivity contribution in [2.75, 3.05) is 18.4 Å². The minimum absolute atomic E-state index is 0.00302. The molecule has 2 atom stereocenters. The van der Waals surface area contributed by atoms with E-state index in [1.54, 1.807) is 18.2 Å². The van der Waals surface area contributed by atoms with Gasteiger partial charge in [0.25, 0.3) is 0 Å². The van der Waals surface area contributed by atoms with Crippen LogP contribution in [0.2, 0.25) is 0 Å². The van der Waals surface area contributed by atoms with Gasteiger partial charge in [-0.15, -0.1) is 0 Å². The summed E-state index contributed by atoms with van der Waals surface area (Å²) in [5, 5.41) is 6.28. The van der Waals surface area contributed by atoms with Gasteiger partial charge in [-0.25, -0.2) is 4.79 Å². The monoisotopic (exact) mass is 303 g/mol. The fourth-order valence-electron chi connectivity index (χ4n) is 3.07. The number of aromatic amines is 1. The molecule has 1 fully saturated rings. The Labute approximate surface area is 128 Å². The highest BCUT2D eigenvalue weighted by atomic mass is 16.4. The molecule has 1 aromatic heterocycles. The molecule has 0 spiro atoms. The van der Waals surface area contributed by atoms with Crippen LogP contribution in [0.3, 0.4) is 0 Å². The van der Waals surface area contributed by atoms with Crippen molar-refractivity contribution in [2.24, 2.45) is 11.8 Å². The number of hydrogen-bond acceptors (Lipinski definition) is 4.